The van der Waals surface area contributed by atoms with Crippen LogP contribution in [0.25, 0.3) is 0 Å². The van der Waals surface area contributed by atoms with Crippen molar-refractivity contribution >= 4 is 21.6 Å². The van der Waals surface area contributed by atoms with Gasteiger partial charge >= 0.3 is 0 Å². The maximum absolute atomic E-state index is 13.2. The molecule has 0 radical (unpaired) electrons. The third kappa shape index (κ3) is 3.29. The van der Waals surface area contributed by atoms with Gasteiger partial charge in [-0.25, -0.2) is 8.42 Å². The molecule has 0 bridgehead atoms. The molecule has 3 heterocycles. The van der Waals surface area contributed by atoms with Gasteiger partial charge in [0.1, 0.15) is 4.90 Å². The standard InChI is InChI=1S/C18H22ClN3O3S/c19-17-5-2-1-4-16(17)18-6-3-9-22(18)26(23,24)15-12-20-21(13-15)14-7-10-25-11-8-14/h1-2,4-5,12-14,18H,3,6-11H2/t18-/m1/s1. The summed E-state index contributed by atoms with van der Waals surface area (Å²) in [5.41, 5.74) is 0.868. The van der Waals surface area contributed by atoms with Crippen molar-refractivity contribution in [2.45, 2.75) is 42.7 Å². The number of hydrogen-bond donors (Lipinski definition) is 0. The van der Waals surface area contributed by atoms with Crippen LogP contribution in [-0.2, 0) is 14.8 Å². The molecule has 2 aliphatic rings. The van der Waals surface area contributed by atoms with Crippen molar-refractivity contribution in [2.75, 3.05) is 19.8 Å². The molecule has 4 rings (SSSR count). The second-order valence-electron chi connectivity index (χ2n) is 6.79. The lowest BCUT2D eigenvalue weighted by Gasteiger charge is -2.24. The summed E-state index contributed by atoms with van der Waals surface area (Å²) in [6.45, 7) is 1.88. The summed E-state index contributed by atoms with van der Waals surface area (Å²) in [4.78, 5) is 0.253. The molecule has 26 heavy (non-hydrogen) atoms. The van der Waals surface area contributed by atoms with E-state index >= 15 is 0 Å². The van der Waals surface area contributed by atoms with Crippen molar-refractivity contribution in [3.05, 3.63) is 47.2 Å². The van der Waals surface area contributed by atoms with Gasteiger partial charge in [0.05, 0.1) is 18.3 Å². The molecule has 0 amide bonds. The van der Waals surface area contributed by atoms with E-state index in [4.69, 9.17) is 16.3 Å². The second-order valence-corrected chi connectivity index (χ2v) is 9.09. The largest absolute Gasteiger partial charge is 0.381 e. The fourth-order valence-electron chi connectivity index (χ4n) is 3.82. The minimum absolute atomic E-state index is 0.200. The molecule has 0 unspecified atom stereocenters. The van der Waals surface area contributed by atoms with Gasteiger partial charge in [-0.3, -0.25) is 4.68 Å². The summed E-state index contributed by atoms with van der Waals surface area (Å²) in [5, 5.41) is 4.93. The van der Waals surface area contributed by atoms with Gasteiger partial charge in [0.25, 0.3) is 0 Å². The van der Waals surface area contributed by atoms with Crippen LogP contribution < -0.4 is 0 Å². The maximum Gasteiger partial charge on any atom is 0.246 e. The first-order chi connectivity index (χ1) is 12.6. The van der Waals surface area contributed by atoms with Crippen LogP contribution in [0.2, 0.25) is 5.02 Å². The molecule has 1 aromatic heterocycles. The Hall–Kier alpha value is -1.41. The lowest BCUT2D eigenvalue weighted by molar-refractivity contribution is 0.0662. The Balaban J connectivity index is 1.61. The van der Waals surface area contributed by atoms with Crippen LogP contribution in [0.1, 0.15) is 43.3 Å². The molecule has 2 saturated heterocycles. The summed E-state index contributed by atoms with van der Waals surface area (Å²) in [6, 6.07) is 7.45. The van der Waals surface area contributed by atoms with E-state index in [9.17, 15) is 8.42 Å². The highest BCUT2D eigenvalue weighted by Crippen LogP contribution is 2.39. The molecular weight excluding hydrogens is 374 g/mol. The molecule has 2 aliphatic heterocycles. The number of halogens is 1. The monoisotopic (exact) mass is 395 g/mol. The Kier molecular flexibility index (Phi) is 5.05. The zero-order chi connectivity index (χ0) is 18.1. The number of benzene rings is 1. The van der Waals surface area contributed by atoms with Crippen molar-refractivity contribution in [3.8, 4) is 0 Å². The van der Waals surface area contributed by atoms with Crippen LogP contribution in [0.5, 0.6) is 0 Å². The van der Waals surface area contributed by atoms with Gasteiger partial charge in [0.15, 0.2) is 0 Å². The normalized spacial score (nSPS) is 22.7. The smallest absolute Gasteiger partial charge is 0.246 e. The molecule has 8 heteroatoms. The Labute approximate surface area is 158 Å². The minimum Gasteiger partial charge on any atom is -0.381 e. The fraction of sp³-hybridized carbons (Fsp3) is 0.500. The molecule has 140 valence electrons. The summed E-state index contributed by atoms with van der Waals surface area (Å²) < 4.78 is 35.2. The van der Waals surface area contributed by atoms with Crippen LogP contribution in [0, 0.1) is 0 Å². The van der Waals surface area contributed by atoms with Crippen LogP contribution in [0.4, 0.5) is 0 Å². The number of nitrogens with zero attached hydrogens (tertiary/aromatic N) is 3. The van der Waals surface area contributed by atoms with E-state index in [1.54, 1.807) is 15.2 Å². The average Bonchev–Trinajstić information content (AvgIpc) is 3.33. The topological polar surface area (TPSA) is 64.4 Å². The molecule has 0 N–H and O–H groups in total. The molecule has 0 spiro atoms. The summed E-state index contributed by atoms with van der Waals surface area (Å²) in [5.74, 6) is 0. The van der Waals surface area contributed by atoms with E-state index in [2.05, 4.69) is 5.10 Å². The predicted octanol–water partition coefficient (Wildman–Crippen LogP) is 3.41. The van der Waals surface area contributed by atoms with Gasteiger partial charge in [0, 0.05) is 31.0 Å². The molecular formula is C18H22ClN3O3S. The quantitative estimate of drug-likeness (QED) is 0.795. The molecule has 0 aliphatic carbocycles. The van der Waals surface area contributed by atoms with E-state index in [1.807, 2.05) is 24.3 Å². The van der Waals surface area contributed by atoms with E-state index in [0.717, 1.165) is 31.2 Å². The number of aromatic nitrogens is 2. The van der Waals surface area contributed by atoms with Gasteiger partial charge in [-0.15, -0.1) is 0 Å². The van der Waals surface area contributed by atoms with Crippen LogP contribution in [-0.4, -0.2) is 42.3 Å². The molecule has 2 fully saturated rings. The van der Waals surface area contributed by atoms with E-state index in [1.165, 1.54) is 6.20 Å². The van der Waals surface area contributed by atoms with Gasteiger partial charge in [0.2, 0.25) is 10.0 Å². The Bertz CT molecular complexity index is 877. The van der Waals surface area contributed by atoms with E-state index in [-0.39, 0.29) is 17.0 Å². The lowest BCUT2D eigenvalue weighted by atomic mass is 10.1. The number of hydrogen-bond acceptors (Lipinski definition) is 4. The third-order valence-electron chi connectivity index (χ3n) is 5.22. The van der Waals surface area contributed by atoms with E-state index < -0.39 is 10.0 Å². The minimum atomic E-state index is -3.61. The van der Waals surface area contributed by atoms with Crippen molar-refractivity contribution < 1.29 is 13.2 Å². The Morgan fingerprint density at radius 3 is 2.69 bits per heavy atom. The third-order valence-corrected chi connectivity index (χ3v) is 7.42. The number of sulfonamides is 1. The Morgan fingerprint density at radius 1 is 1.15 bits per heavy atom. The van der Waals surface area contributed by atoms with Crippen molar-refractivity contribution in [1.82, 2.24) is 14.1 Å². The number of ether oxygens (including phenoxy) is 1. The SMILES string of the molecule is O=S(=O)(c1cnn(C2CCOCC2)c1)N1CCC[C@@H]1c1ccccc1Cl. The van der Waals surface area contributed by atoms with Gasteiger partial charge in [-0.1, -0.05) is 29.8 Å². The van der Waals surface area contributed by atoms with Crippen LogP contribution in [0.15, 0.2) is 41.6 Å². The summed E-state index contributed by atoms with van der Waals surface area (Å²) in [7, 11) is -3.61. The first-order valence-corrected chi connectivity index (χ1v) is 10.8. The average molecular weight is 396 g/mol. The molecule has 6 nitrogen and oxygen atoms in total. The predicted molar refractivity (Wildman–Crippen MR) is 98.6 cm³/mol. The highest BCUT2D eigenvalue weighted by atomic mass is 35.5. The molecule has 2 aromatic rings. The zero-order valence-corrected chi connectivity index (χ0v) is 16.0. The van der Waals surface area contributed by atoms with Crippen LogP contribution >= 0.6 is 11.6 Å². The van der Waals surface area contributed by atoms with Crippen molar-refractivity contribution in [3.63, 3.8) is 0 Å². The highest BCUT2D eigenvalue weighted by Gasteiger charge is 2.37. The molecule has 1 atom stereocenters. The van der Waals surface area contributed by atoms with Gasteiger partial charge in [-0.05, 0) is 37.3 Å². The summed E-state index contributed by atoms with van der Waals surface area (Å²) in [6.07, 6.45) is 6.43. The maximum atomic E-state index is 13.2. The highest BCUT2D eigenvalue weighted by molar-refractivity contribution is 7.89. The Morgan fingerprint density at radius 2 is 1.92 bits per heavy atom. The molecule has 1 aromatic carbocycles. The first kappa shape index (κ1) is 18.0. The van der Waals surface area contributed by atoms with Gasteiger partial charge in [-0.2, -0.15) is 9.40 Å². The van der Waals surface area contributed by atoms with Gasteiger partial charge < -0.3 is 4.74 Å². The lowest BCUT2D eigenvalue weighted by Crippen LogP contribution is -2.30. The first-order valence-electron chi connectivity index (χ1n) is 8.95. The number of rotatable bonds is 4. The van der Waals surface area contributed by atoms with Crippen molar-refractivity contribution in [1.29, 1.82) is 0 Å². The molecule has 0 saturated carbocycles. The zero-order valence-electron chi connectivity index (χ0n) is 14.4. The van der Waals surface area contributed by atoms with Crippen LogP contribution in [0.3, 0.4) is 0 Å². The van der Waals surface area contributed by atoms with Crippen molar-refractivity contribution in [2.24, 2.45) is 0 Å². The van der Waals surface area contributed by atoms with E-state index in [0.29, 0.717) is 24.8 Å². The summed E-state index contributed by atoms with van der Waals surface area (Å²) >= 11 is 6.32. The second kappa shape index (κ2) is 7.31. The fourth-order valence-corrected chi connectivity index (χ4v) is 5.70.